The molecule has 0 unspecified atom stereocenters. The zero-order valence-corrected chi connectivity index (χ0v) is 24.0. The lowest BCUT2D eigenvalue weighted by atomic mass is 9.83. The Morgan fingerprint density at radius 1 is 0.326 bits per heavy atom. The molecule has 1 aromatic heterocycles. The van der Waals surface area contributed by atoms with Crippen molar-refractivity contribution >= 4 is 32.3 Å². The third-order valence-electron chi connectivity index (χ3n) is 8.70. The first kappa shape index (κ1) is 25.2. The first-order valence-corrected chi connectivity index (χ1v) is 14.8. The highest BCUT2D eigenvalue weighted by atomic mass is 14.7. The van der Waals surface area contributed by atoms with Crippen LogP contribution in [0.4, 0.5) is 0 Å². The van der Waals surface area contributed by atoms with E-state index in [2.05, 4.69) is 158 Å². The van der Waals surface area contributed by atoms with E-state index in [1.165, 1.54) is 76.8 Å². The van der Waals surface area contributed by atoms with E-state index in [0.29, 0.717) is 0 Å². The summed E-state index contributed by atoms with van der Waals surface area (Å²) in [4.78, 5) is 4.50. The standard InChI is InChI=1S/C42H29N/c1-28-32(20-11-27-43-28)30-21-23-31(24-22-30)41-36-16-7-9-18-38(36)42(39-19-10-8-17-37(39)41)40-26-25-33(29-12-3-2-4-13-29)34-14-5-6-15-35(34)40/h2-27H,1H3. The molecule has 0 bridgehead atoms. The second-order valence-corrected chi connectivity index (χ2v) is 11.1. The van der Waals surface area contributed by atoms with Crippen LogP contribution in [0.5, 0.6) is 0 Å². The summed E-state index contributed by atoms with van der Waals surface area (Å²) in [5.41, 5.74) is 10.9. The maximum Gasteiger partial charge on any atom is 0.0450 e. The van der Waals surface area contributed by atoms with Crippen LogP contribution in [0.2, 0.25) is 0 Å². The van der Waals surface area contributed by atoms with Gasteiger partial charge in [-0.15, -0.1) is 0 Å². The minimum absolute atomic E-state index is 1.04. The molecule has 0 radical (unpaired) electrons. The fourth-order valence-corrected chi connectivity index (χ4v) is 6.72. The highest BCUT2D eigenvalue weighted by Gasteiger charge is 2.19. The van der Waals surface area contributed by atoms with Gasteiger partial charge in [0.05, 0.1) is 0 Å². The van der Waals surface area contributed by atoms with E-state index >= 15 is 0 Å². The van der Waals surface area contributed by atoms with Crippen molar-refractivity contribution in [3.8, 4) is 44.5 Å². The minimum Gasteiger partial charge on any atom is -0.261 e. The fourth-order valence-electron chi connectivity index (χ4n) is 6.72. The van der Waals surface area contributed by atoms with Gasteiger partial charge in [-0.3, -0.25) is 4.98 Å². The number of hydrogen-bond donors (Lipinski definition) is 0. The molecule has 0 amide bonds. The third-order valence-corrected chi connectivity index (χ3v) is 8.70. The summed E-state index contributed by atoms with van der Waals surface area (Å²) in [6.07, 6.45) is 1.85. The van der Waals surface area contributed by atoms with Crippen LogP contribution in [0, 0.1) is 6.92 Å². The number of fused-ring (bicyclic) bond motifs is 3. The van der Waals surface area contributed by atoms with Crippen molar-refractivity contribution in [3.05, 3.63) is 164 Å². The Hall–Kier alpha value is -5.53. The molecular formula is C42H29N. The molecule has 0 spiro atoms. The van der Waals surface area contributed by atoms with Crippen LogP contribution in [0.15, 0.2) is 158 Å². The molecule has 1 heteroatoms. The Kier molecular flexibility index (Phi) is 6.09. The van der Waals surface area contributed by atoms with E-state index < -0.39 is 0 Å². The molecule has 0 aliphatic rings. The third kappa shape index (κ3) is 4.21. The molecule has 202 valence electrons. The summed E-state index contributed by atoms with van der Waals surface area (Å²) in [5, 5.41) is 7.59. The predicted octanol–water partition coefficient (Wildman–Crippen LogP) is 11.5. The van der Waals surface area contributed by atoms with Crippen LogP contribution >= 0.6 is 0 Å². The molecule has 0 saturated heterocycles. The van der Waals surface area contributed by atoms with Gasteiger partial charge >= 0.3 is 0 Å². The van der Waals surface area contributed by atoms with Crippen LogP contribution in [0.25, 0.3) is 76.8 Å². The van der Waals surface area contributed by atoms with Gasteiger partial charge in [0.15, 0.2) is 0 Å². The van der Waals surface area contributed by atoms with E-state index in [1.807, 2.05) is 12.3 Å². The second-order valence-electron chi connectivity index (χ2n) is 11.1. The van der Waals surface area contributed by atoms with Crippen LogP contribution < -0.4 is 0 Å². The molecule has 1 heterocycles. The molecule has 0 atom stereocenters. The number of nitrogens with zero attached hydrogens (tertiary/aromatic N) is 1. The van der Waals surface area contributed by atoms with Crippen LogP contribution in [0.1, 0.15) is 5.69 Å². The summed E-state index contributed by atoms with van der Waals surface area (Å²) >= 11 is 0. The summed E-state index contributed by atoms with van der Waals surface area (Å²) in [7, 11) is 0. The summed E-state index contributed by atoms with van der Waals surface area (Å²) in [5.74, 6) is 0. The molecule has 1 nitrogen and oxygen atoms in total. The van der Waals surface area contributed by atoms with Gasteiger partial charge in [-0.05, 0) is 84.3 Å². The van der Waals surface area contributed by atoms with Gasteiger partial charge in [0.25, 0.3) is 0 Å². The molecule has 0 aliphatic carbocycles. The van der Waals surface area contributed by atoms with Gasteiger partial charge in [0, 0.05) is 17.5 Å². The number of aromatic nitrogens is 1. The van der Waals surface area contributed by atoms with E-state index in [0.717, 1.165) is 5.69 Å². The number of aryl methyl sites for hydroxylation is 1. The Morgan fingerprint density at radius 2 is 0.791 bits per heavy atom. The molecule has 7 aromatic carbocycles. The Morgan fingerprint density at radius 3 is 1.40 bits per heavy atom. The Labute approximate surface area is 251 Å². The lowest BCUT2D eigenvalue weighted by Gasteiger charge is -2.20. The SMILES string of the molecule is Cc1ncccc1-c1ccc(-c2c3ccccc3c(-c3ccc(-c4ccccc4)c4ccccc34)c3ccccc23)cc1. The van der Waals surface area contributed by atoms with Gasteiger partial charge in [-0.25, -0.2) is 0 Å². The number of hydrogen-bond acceptors (Lipinski definition) is 1. The van der Waals surface area contributed by atoms with Crippen molar-refractivity contribution < 1.29 is 0 Å². The van der Waals surface area contributed by atoms with E-state index in [-0.39, 0.29) is 0 Å². The monoisotopic (exact) mass is 547 g/mol. The first-order valence-electron chi connectivity index (χ1n) is 14.8. The van der Waals surface area contributed by atoms with E-state index in [4.69, 9.17) is 0 Å². The lowest BCUT2D eigenvalue weighted by molar-refractivity contribution is 1.20. The van der Waals surface area contributed by atoms with Gasteiger partial charge < -0.3 is 0 Å². The zero-order chi connectivity index (χ0) is 28.8. The van der Waals surface area contributed by atoms with Crippen LogP contribution in [-0.4, -0.2) is 4.98 Å². The van der Waals surface area contributed by atoms with E-state index in [9.17, 15) is 0 Å². The zero-order valence-electron chi connectivity index (χ0n) is 24.0. The normalized spacial score (nSPS) is 11.4. The molecule has 43 heavy (non-hydrogen) atoms. The van der Waals surface area contributed by atoms with Gasteiger partial charge in [-0.1, -0.05) is 146 Å². The quantitative estimate of drug-likeness (QED) is 0.200. The predicted molar refractivity (Wildman–Crippen MR) is 183 cm³/mol. The van der Waals surface area contributed by atoms with Gasteiger partial charge in [-0.2, -0.15) is 0 Å². The number of pyridine rings is 1. The Bertz CT molecular complexity index is 2220. The van der Waals surface area contributed by atoms with Crippen molar-refractivity contribution in [1.82, 2.24) is 4.98 Å². The first-order chi connectivity index (χ1) is 21.3. The second kappa shape index (κ2) is 10.4. The lowest BCUT2D eigenvalue weighted by Crippen LogP contribution is -1.92. The number of benzene rings is 7. The summed E-state index contributed by atoms with van der Waals surface area (Å²) in [6, 6.07) is 55.1. The highest BCUT2D eigenvalue weighted by molar-refractivity contribution is 6.24. The molecule has 8 aromatic rings. The van der Waals surface area contributed by atoms with Crippen molar-refractivity contribution in [2.45, 2.75) is 6.92 Å². The smallest absolute Gasteiger partial charge is 0.0450 e. The molecule has 0 saturated carbocycles. The molecule has 0 aliphatic heterocycles. The topological polar surface area (TPSA) is 12.9 Å². The van der Waals surface area contributed by atoms with Crippen molar-refractivity contribution in [2.75, 3.05) is 0 Å². The maximum absolute atomic E-state index is 4.50. The van der Waals surface area contributed by atoms with E-state index in [1.54, 1.807) is 0 Å². The van der Waals surface area contributed by atoms with Crippen LogP contribution in [0.3, 0.4) is 0 Å². The van der Waals surface area contributed by atoms with Gasteiger partial charge in [0.1, 0.15) is 0 Å². The molecular weight excluding hydrogens is 518 g/mol. The summed E-state index contributed by atoms with van der Waals surface area (Å²) < 4.78 is 0. The van der Waals surface area contributed by atoms with Gasteiger partial charge in [0.2, 0.25) is 0 Å². The largest absolute Gasteiger partial charge is 0.261 e. The number of rotatable bonds is 4. The average Bonchev–Trinajstić information content (AvgIpc) is 3.08. The summed E-state index contributed by atoms with van der Waals surface area (Å²) in [6.45, 7) is 2.07. The maximum atomic E-state index is 4.50. The van der Waals surface area contributed by atoms with Crippen molar-refractivity contribution in [1.29, 1.82) is 0 Å². The molecule has 0 N–H and O–H groups in total. The van der Waals surface area contributed by atoms with Crippen LogP contribution in [-0.2, 0) is 0 Å². The average molecular weight is 548 g/mol. The fraction of sp³-hybridized carbons (Fsp3) is 0.0238. The van der Waals surface area contributed by atoms with Crippen molar-refractivity contribution in [3.63, 3.8) is 0 Å². The minimum atomic E-state index is 1.04. The Balaban J connectivity index is 1.40. The molecule has 0 fully saturated rings. The van der Waals surface area contributed by atoms with Crippen molar-refractivity contribution in [2.24, 2.45) is 0 Å². The highest BCUT2D eigenvalue weighted by Crippen LogP contribution is 2.46. The molecule has 8 rings (SSSR count).